The molecule has 24 heavy (non-hydrogen) atoms. The quantitative estimate of drug-likeness (QED) is 0.725. The number of carbonyl (C=O) groups excluding carboxylic acids is 1. The molecule has 120 valence electrons. The second-order valence-electron chi connectivity index (χ2n) is 5.50. The molecule has 2 N–H and O–H groups in total. The minimum absolute atomic E-state index is 0.0151. The lowest BCUT2D eigenvalue weighted by atomic mass is 10.1. The Morgan fingerprint density at radius 3 is 2.17 bits per heavy atom. The molecule has 0 fully saturated rings. The normalized spacial score (nSPS) is 10.2. The molecule has 1 amide bonds. The SMILES string of the molecule is O=C(Cc1ccccc1)Nc1ccc(NCc2ccncc2)cc1. The van der Waals surface area contributed by atoms with Crippen LogP contribution in [-0.4, -0.2) is 10.9 Å². The van der Waals surface area contributed by atoms with Crippen LogP contribution >= 0.6 is 0 Å². The predicted octanol–water partition coefficient (Wildman–Crippen LogP) is 3.87. The third-order valence-electron chi connectivity index (χ3n) is 3.62. The van der Waals surface area contributed by atoms with E-state index in [-0.39, 0.29) is 5.91 Å². The van der Waals surface area contributed by atoms with Gasteiger partial charge in [0.15, 0.2) is 0 Å². The number of hydrogen-bond donors (Lipinski definition) is 2. The summed E-state index contributed by atoms with van der Waals surface area (Å²) in [5.41, 5.74) is 3.98. The van der Waals surface area contributed by atoms with Crippen LogP contribution in [0.15, 0.2) is 79.1 Å². The Balaban J connectivity index is 1.51. The Morgan fingerprint density at radius 2 is 1.46 bits per heavy atom. The van der Waals surface area contributed by atoms with Crippen LogP contribution in [0.5, 0.6) is 0 Å². The molecule has 0 unspecified atom stereocenters. The van der Waals surface area contributed by atoms with Gasteiger partial charge in [0.1, 0.15) is 0 Å². The number of rotatable bonds is 6. The molecule has 0 aliphatic rings. The molecule has 0 aliphatic carbocycles. The number of carbonyl (C=O) groups is 1. The Hall–Kier alpha value is -3.14. The van der Waals surface area contributed by atoms with Crippen molar-refractivity contribution >= 4 is 17.3 Å². The Kier molecular flexibility index (Phi) is 5.20. The van der Waals surface area contributed by atoms with Gasteiger partial charge in [-0.25, -0.2) is 0 Å². The van der Waals surface area contributed by atoms with Gasteiger partial charge in [0, 0.05) is 30.3 Å². The van der Waals surface area contributed by atoms with E-state index in [2.05, 4.69) is 15.6 Å². The van der Waals surface area contributed by atoms with Crippen molar-refractivity contribution in [1.29, 1.82) is 0 Å². The maximum absolute atomic E-state index is 12.0. The van der Waals surface area contributed by atoms with Crippen molar-refractivity contribution < 1.29 is 4.79 Å². The molecule has 3 rings (SSSR count). The molecule has 4 heteroatoms. The zero-order chi connectivity index (χ0) is 16.6. The highest BCUT2D eigenvalue weighted by Crippen LogP contribution is 2.15. The first kappa shape index (κ1) is 15.7. The number of amides is 1. The lowest BCUT2D eigenvalue weighted by Gasteiger charge is -2.09. The molecule has 0 saturated carbocycles. The van der Waals surface area contributed by atoms with Crippen molar-refractivity contribution in [2.24, 2.45) is 0 Å². The third kappa shape index (κ3) is 4.68. The number of benzene rings is 2. The van der Waals surface area contributed by atoms with Gasteiger partial charge in [-0.2, -0.15) is 0 Å². The molecule has 3 aromatic rings. The molecule has 0 spiro atoms. The van der Waals surface area contributed by atoms with Crippen LogP contribution in [-0.2, 0) is 17.8 Å². The number of nitrogens with zero attached hydrogens (tertiary/aromatic N) is 1. The largest absolute Gasteiger partial charge is 0.381 e. The van der Waals surface area contributed by atoms with Crippen molar-refractivity contribution in [1.82, 2.24) is 4.98 Å². The predicted molar refractivity (Wildman–Crippen MR) is 96.8 cm³/mol. The van der Waals surface area contributed by atoms with E-state index in [0.29, 0.717) is 6.42 Å². The summed E-state index contributed by atoms with van der Waals surface area (Å²) in [6, 6.07) is 21.4. The summed E-state index contributed by atoms with van der Waals surface area (Å²) >= 11 is 0. The summed E-state index contributed by atoms with van der Waals surface area (Å²) in [7, 11) is 0. The van der Waals surface area contributed by atoms with E-state index in [1.165, 1.54) is 5.56 Å². The number of nitrogens with one attached hydrogen (secondary N) is 2. The Bertz CT molecular complexity index is 771. The van der Waals surface area contributed by atoms with Gasteiger partial charge >= 0.3 is 0 Å². The first-order chi connectivity index (χ1) is 11.8. The van der Waals surface area contributed by atoms with Crippen LogP contribution in [0, 0.1) is 0 Å². The number of hydrogen-bond acceptors (Lipinski definition) is 3. The Morgan fingerprint density at radius 1 is 0.792 bits per heavy atom. The Labute approximate surface area is 141 Å². The average molecular weight is 317 g/mol. The highest BCUT2D eigenvalue weighted by Gasteiger charge is 2.03. The van der Waals surface area contributed by atoms with E-state index in [0.717, 1.165) is 23.5 Å². The molecule has 4 nitrogen and oxygen atoms in total. The van der Waals surface area contributed by atoms with Gasteiger partial charge in [0.2, 0.25) is 5.91 Å². The number of anilines is 2. The van der Waals surface area contributed by atoms with Crippen LogP contribution in [0.1, 0.15) is 11.1 Å². The molecule has 0 radical (unpaired) electrons. The lowest BCUT2D eigenvalue weighted by Crippen LogP contribution is -2.14. The second kappa shape index (κ2) is 7.92. The topological polar surface area (TPSA) is 54.0 Å². The van der Waals surface area contributed by atoms with Crippen LogP contribution in [0.2, 0.25) is 0 Å². The van der Waals surface area contributed by atoms with Crippen LogP contribution < -0.4 is 10.6 Å². The first-order valence-electron chi connectivity index (χ1n) is 7.86. The minimum atomic E-state index is -0.0151. The molecule has 1 aromatic heterocycles. The second-order valence-corrected chi connectivity index (χ2v) is 5.50. The molecule has 2 aromatic carbocycles. The van der Waals surface area contributed by atoms with Gasteiger partial charge in [0.05, 0.1) is 6.42 Å². The first-order valence-corrected chi connectivity index (χ1v) is 7.86. The molecule has 0 bridgehead atoms. The average Bonchev–Trinajstić information content (AvgIpc) is 2.63. The fraction of sp³-hybridized carbons (Fsp3) is 0.100. The summed E-state index contributed by atoms with van der Waals surface area (Å²) < 4.78 is 0. The fourth-order valence-corrected chi connectivity index (χ4v) is 2.36. The maximum atomic E-state index is 12.0. The molecular weight excluding hydrogens is 298 g/mol. The van der Waals surface area contributed by atoms with Crippen molar-refractivity contribution in [3.63, 3.8) is 0 Å². The maximum Gasteiger partial charge on any atom is 0.228 e. The smallest absolute Gasteiger partial charge is 0.228 e. The fourth-order valence-electron chi connectivity index (χ4n) is 2.36. The summed E-state index contributed by atoms with van der Waals surface area (Å²) in [5.74, 6) is -0.0151. The van der Waals surface area contributed by atoms with Gasteiger partial charge in [-0.15, -0.1) is 0 Å². The highest BCUT2D eigenvalue weighted by atomic mass is 16.1. The summed E-state index contributed by atoms with van der Waals surface area (Å²) in [5, 5.41) is 6.26. The molecule has 1 heterocycles. The van der Waals surface area contributed by atoms with Crippen LogP contribution in [0.3, 0.4) is 0 Å². The summed E-state index contributed by atoms with van der Waals surface area (Å²) in [6.07, 6.45) is 3.94. The van der Waals surface area contributed by atoms with E-state index < -0.39 is 0 Å². The van der Waals surface area contributed by atoms with E-state index >= 15 is 0 Å². The van der Waals surface area contributed by atoms with Crippen molar-refractivity contribution in [3.8, 4) is 0 Å². The van der Waals surface area contributed by atoms with Crippen molar-refractivity contribution in [2.45, 2.75) is 13.0 Å². The van der Waals surface area contributed by atoms with Gasteiger partial charge in [-0.05, 0) is 47.5 Å². The minimum Gasteiger partial charge on any atom is -0.381 e. The van der Waals surface area contributed by atoms with E-state index in [9.17, 15) is 4.79 Å². The third-order valence-corrected chi connectivity index (χ3v) is 3.62. The van der Waals surface area contributed by atoms with Crippen LogP contribution in [0.25, 0.3) is 0 Å². The summed E-state index contributed by atoms with van der Waals surface area (Å²) in [4.78, 5) is 16.0. The number of aromatic nitrogens is 1. The molecule has 0 saturated heterocycles. The van der Waals surface area contributed by atoms with Gasteiger partial charge in [0.25, 0.3) is 0 Å². The van der Waals surface area contributed by atoms with E-state index in [1.54, 1.807) is 12.4 Å². The molecule has 0 aliphatic heterocycles. The number of pyridine rings is 1. The monoisotopic (exact) mass is 317 g/mol. The van der Waals surface area contributed by atoms with Crippen LogP contribution in [0.4, 0.5) is 11.4 Å². The van der Waals surface area contributed by atoms with Crippen molar-refractivity contribution in [3.05, 3.63) is 90.3 Å². The van der Waals surface area contributed by atoms with E-state index in [4.69, 9.17) is 0 Å². The highest BCUT2D eigenvalue weighted by molar-refractivity contribution is 5.92. The van der Waals surface area contributed by atoms with Gasteiger partial charge < -0.3 is 10.6 Å². The summed E-state index contributed by atoms with van der Waals surface area (Å²) in [6.45, 7) is 0.738. The molecule has 0 atom stereocenters. The zero-order valence-electron chi connectivity index (χ0n) is 13.3. The standard InChI is InChI=1S/C20H19N3O/c24-20(14-16-4-2-1-3-5-16)23-19-8-6-18(7-9-19)22-15-17-10-12-21-13-11-17/h1-13,22H,14-15H2,(H,23,24). The van der Waals surface area contributed by atoms with Gasteiger partial charge in [-0.1, -0.05) is 30.3 Å². The lowest BCUT2D eigenvalue weighted by molar-refractivity contribution is -0.115. The van der Waals surface area contributed by atoms with E-state index in [1.807, 2.05) is 66.7 Å². The zero-order valence-corrected chi connectivity index (χ0v) is 13.3. The molecular formula is C20H19N3O. The van der Waals surface area contributed by atoms with Gasteiger partial charge in [-0.3, -0.25) is 9.78 Å². The van der Waals surface area contributed by atoms with Crippen molar-refractivity contribution in [2.75, 3.05) is 10.6 Å².